The highest BCUT2D eigenvalue weighted by Gasteiger charge is 2.34. The van der Waals surface area contributed by atoms with Crippen molar-refractivity contribution in [3.63, 3.8) is 0 Å². The van der Waals surface area contributed by atoms with E-state index in [1.54, 1.807) is 39.7 Å². The second-order valence-corrected chi connectivity index (χ2v) is 14.3. The lowest BCUT2D eigenvalue weighted by Crippen LogP contribution is -2.46. The number of benzene rings is 3. The van der Waals surface area contributed by atoms with E-state index in [2.05, 4.69) is 5.32 Å². The van der Waals surface area contributed by atoms with Crippen LogP contribution < -0.4 is 10.1 Å². The molecule has 5 rings (SSSR count). The lowest BCUT2D eigenvalue weighted by molar-refractivity contribution is 0.0453. The number of aliphatic hydroxyl groups is 1. The van der Waals surface area contributed by atoms with Crippen LogP contribution >= 0.6 is 22.9 Å². The summed E-state index contributed by atoms with van der Waals surface area (Å²) in [5.74, 6) is -1.21. The van der Waals surface area contributed by atoms with Crippen LogP contribution in [-0.4, -0.2) is 46.8 Å². The highest BCUT2D eigenvalue weighted by Crippen LogP contribution is 2.41. The molecule has 7 nitrogen and oxygen atoms in total. The van der Waals surface area contributed by atoms with Crippen molar-refractivity contribution in [1.82, 2.24) is 10.2 Å². The van der Waals surface area contributed by atoms with E-state index >= 15 is 0 Å². The van der Waals surface area contributed by atoms with E-state index < -0.39 is 35.3 Å². The predicted molar refractivity (Wildman–Crippen MR) is 181 cm³/mol. The zero-order chi connectivity index (χ0) is 34.0. The van der Waals surface area contributed by atoms with Crippen molar-refractivity contribution in [2.24, 2.45) is 0 Å². The van der Waals surface area contributed by atoms with Crippen LogP contribution in [0.5, 0.6) is 5.75 Å². The van der Waals surface area contributed by atoms with Gasteiger partial charge in [0, 0.05) is 24.2 Å². The zero-order valence-corrected chi connectivity index (χ0v) is 28.6. The summed E-state index contributed by atoms with van der Waals surface area (Å²) in [6, 6.07) is 15.0. The molecule has 2 N–H and O–H groups in total. The van der Waals surface area contributed by atoms with Gasteiger partial charge in [-0.2, -0.15) is 0 Å². The number of fused-ring (bicyclic) bond motifs is 1. The summed E-state index contributed by atoms with van der Waals surface area (Å²) < 4.78 is 40.6. The van der Waals surface area contributed by atoms with Gasteiger partial charge in [-0.3, -0.25) is 4.79 Å². The minimum absolute atomic E-state index is 0.0104. The molecule has 3 aromatic carbocycles. The van der Waals surface area contributed by atoms with Gasteiger partial charge in [-0.1, -0.05) is 41.9 Å². The molecule has 0 unspecified atom stereocenters. The SMILES string of the molecule is COc1ccc(-c2ccc([C@@H](C)O)cc2)cc1CN(C(=O)c1sc2c(F)ccc(F)c2c1Cl)C1CCC(NC(=O)OC(C)(C)C)CC1. The molecule has 11 heteroatoms. The summed E-state index contributed by atoms with van der Waals surface area (Å²) in [5, 5.41) is 12.7. The number of amides is 2. The molecule has 1 saturated carbocycles. The fourth-order valence-electron chi connectivity index (χ4n) is 5.96. The fourth-order valence-corrected chi connectivity index (χ4v) is 7.46. The third-order valence-corrected chi connectivity index (χ3v) is 10.0. The molecule has 2 amide bonds. The van der Waals surface area contributed by atoms with Crippen LogP contribution in [-0.2, 0) is 11.3 Å². The van der Waals surface area contributed by atoms with Crippen molar-refractivity contribution in [2.45, 2.75) is 83.7 Å². The van der Waals surface area contributed by atoms with E-state index in [0.717, 1.165) is 45.7 Å². The van der Waals surface area contributed by atoms with Gasteiger partial charge in [0.1, 0.15) is 27.9 Å². The van der Waals surface area contributed by atoms with Gasteiger partial charge in [-0.05, 0) is 94.3 Å². The Labute approximate surface area is 282 Å². The molecule has 0 spiro atoms. The summed E-state index contributed by atoms with van der Waals surface area (Å²) in [6.07, 6.45) is 1.26. The molecule has 0 bridgehead atoms. The fraction of sp³-hybridized carbons (Fsp3) is 0.389. The number of hydrogen-bond donors (Lipinski definition) is 2. The van der Waals surface area contributed by atoms with E-state index in [-0.39, 0.29) is 38.6 Å². The number of methoxy groups -OCH3 is 1. The normalized spacial score (nSPS) is 17.3. The van der Waals surface area contributed by atoms with Crippen molar-refractivity contribution in [3.05, 3.63) is 87.3 Å². The van der Waals surface area contributed by atoms with Crippen molar-refractivity contribution in [2.75, 3.05) is 7.11 Å². The Hall–Kier alpha value is -3.73. The molecule has 1 aliphatic rings. The first-order valence-corrected chi connectivity index (χ1v) is 16.8. The van der Waals surface area contributed by atoms with Crippen molar-refractivity contribution < 1.29 is 33.0 Å². The maximum atomic E-state index is 14.8. The largest absolute Gasteiger partial charge is 0.496 e. The van der Waals surface area contributed by atoms with E-state index in [1.807, 2.05) is 42.5 Å². The topological polar surface area (TPSA) is 88.1 Å². The monoisotopic (exact) mass is 684 g/mol. The number of rotatable bonds is 8. The number of carbonyl (C=O) groups is 2. The Balaban J connectivity index is 1.48. The van der Waals surface area contributed by atoms with Gasteiger partial charge < -0.3 is 24.8 Å². The van der Waals surface area contributed by atoms with Gasteiger partial charge in [0.2, 0.25) is 0 Å². The van der Waals surface area contributed by atoms with Crippen molar-refractivity contribution in [3.8, 4) is 16.9 Å². The molecular weight excluding hydrogens is 646 g/mol. The third kappa shape index (κ3) is 7.88. The van der Waals surface area contributed by atoms with Gasteiger partial charge in [-0.25, -0.2) is 13.6 Å². The predicted octanol–water partition coefficient (Wildman–Crippen LogP) is 9.04. The van der Waals surface area contributed by atoms with Crippen LogP contribution in [0.25, 0.3) is 21.2 Å². The number of thiophene rings is 1. The summed E-state index contributed by atoms with van der Waals surface area (Å²) in [5.41, 5.74) is 2.72. The molecule has 0 radical (unpaired) electrons. The second-order valence-electron chi connectivity index (χ2n) is 12.9. The molecule has 1 aliphatic carbocycles. The van der Waals surface area contributed by atoms with E-state index in [1.165, 1.54) is 0 Å². The maximum absolute atomic E-state index is 14.8. The van der Waals surface area contributed by atoms with Crippen molar-refractivity contribution >= 4 is 45.0 Å². The van der Waals surface area contributed by atoms with E-state index in [4.69, 9.17) is 21.1 Å². The molecule has 4 aromatic rings. The highest BCUT2D eigenvalue weighted by molar-refractivity contribution is 7.21. The molecule has 1 heterocycles. The number of carbonyl (C=O) groups excluding carboxylic acids is 2. The number of aliphatic hydroxyl groups excluding tert-OH is 1. The Bertz CT molecular complexity index is 1760. The van der Waals surface area contributed by atoms with Crippen LogP contribution in [0, 0.1) is 11.6 Å². The summed E-state index contributed by atoms with van der Waals surface area (Å²) in [4.78, 5) is 28.6. The van der Waals surface area contributed by atoms with Gasteiger partial charge in [0.25, 0.3) is 5.91 Å². The standard InChI is InChI=1S/C36H39ClF2N2O5S/c1-20(42)21-6-8-22(9-7-21)23-10-17-29(45-5)24(18-23)19-41(26-13-11-25(12-14-26)40-35(44)46-36(2,3)4)34(43)33-31(37)30-27(38)15-16-28(39)32(30)47-33/h6-10,15-18,20,25-26,42H,11-14,19H2,1-5H3,(H,40,44)/t20-,25?,26?/m1/s1. The zero-order valence-electron chi connectivity index (χ0n) is 27.0. The van der Waals surface area contributed by atoms with Crippen LogP contribution in [0.2, 0.25) is 5.02 Å². The Morgan fingerprint density at radius 2 is 1.66 bits per heavy atom. The van der Waals surface area contributed by atoms with E-state index in [0.29, 0.717) is 31.4 Å². The number of ether oxygens (including phenoxy) is 2. The second kappa shape index (κ2) is 14.2. The minimum Gasteiger partial charge on any atom is -0.496 e. The number of halogens is 3. The molecule has 47 heavy (non-hydrogen) atoms. The van der Waals surface area contributed by atoms with Crippen LogP contribution in [0.3, 0.4) is 0 Å². The van der Waals surface area contributed by atoms with Gasteiger partial charge in [0.15, 0.2) is 0 Å². The lowest BCUT2D eigenvalue weighted by atomic mass is 9.89. The summed E-state index contributed by atoms with van der Waals surface area (Å²) >= 11 is 7.44. The molecule has 1 aromatic heterocycles. The molecule has 0 saturated heterocycles. The molecular formula is C36H39ClF2N2O5S. The molecule has 1 fully saturated rings. The van der Waals surface area contributed by atoms with Crippen molar-refractivity contribution in [1.29, 1.82) is 0 Å². The summed E-state index contributed by atoms with van der Waals surface area (Å²) in [7, 11) is 1.56. The van der Waals surface area contributed by atoms with Gasteiger partial charge in [-0.15, -0.1) is 11.3 Å². The molecule has 250 valence electrons. The molecule has 0 aliphatic heterocycles. The lowest BCUT2D eigenvalue weighted by Gasteiger charge is -2.37. The first kappa shape index (κ1) is 34.6. The third-order valence-electron chi connectivity index (χ3n) is 8.34. The number of alkyl carbamates (subject to hydrolysis) is 1. The van der Waals surface area contributed by atoms with Crippen LogP contribution in [0.15, 0.2) is 54.6 Å². The molecule has 1 atom stereocenters. The number of nitrogens with one attached hydrogen (secondary N) is 1. The first-order valence-electron chi connectivity index (χ1n) is 15.6. The minimum atomic E-state index is -0.696. The van der Waals surface area contributed by atoms with E-state index in [9.17, 15) is 23.5 Å². The maximum Gasteiger partial charge on any atom is 0.407 e. The van der Waals surface area contributed by atoms with Gasteiger partial charge in [0.05, 0.1) is 28.3 Å². The average Bonchev–Trinajstić information content (AvgIpc) is 3.39. The number of hydrogen-bond acceptors (Lipinski definition) is 6. The summed E-state index contributed by atoms with van der Waals surface area (Å²) in [6.45, 7) is 7.26. The Morgan fingerprint density at radius 1 is 1.02 bits per heavy atom. The van der Waals surface area contributed by atoms with Crippen LogP contribution in [0.4, 0.5) is 13.6 Å². The Kier molecular flexibility index (Phi) is 10.4. The van der Waals surface area contributed by atoms with Gasteiger partial charge >= 0.3 is 6.09 Å². The number of nitrogens with zero attached hydrogens (tertiary/aromatic N) is 1. The first-order chi connectivity index (χ1) is 22.3. The quantitative estimate of drug-likeness (QED) is 0.193. The van der Waals surface area contributed by atoms with Crippen LogP contribution in [0.1, 0.15) is 80.3 Å². The Morgan fingerprint density at radius 3 is 2.26 bits per heavy atom. The average molecular weight is 685 g/mol. The smallest absolute Gasteiger partial charge is 0.407 e. The highest BCUT2D eigenvalue weighted by atomic mass is 35.5.